The Morgan fingerprint density at radius 3 is 2.55 bits per heavy atom. The third-order valence-corrected chi connectivity index (χ3v) is 6.16. The normalized spacial score (nSPS) is 14.0. The summed E-state index contributed by atoms with van der Waals surface area (Å²) in [5.41, 5.74) is 0.959. The molecule has 0 aliphatic rings. The molecule has 1 aromatic heterocycles. The summed E-state index contributed by atoms with van der Waals surface area (Å²) in [5.74, 6) is -1.51. The number of halogens is 4. The fourth-order valence-electron chi connectivity index (χ4n) is 2.50. The minimum Gasteiger partial charge on any atom is -0.331 e. The van der Waals surface area contributed by atoms with Gasteiger partial charge in [0, 0.05) is 12.1 Å². The number of nitrogens with one attached hydrogen (secondary N) is 1. The Morgan fingerprint density at radius 2 is 1.97 bits per heavy atom. The van der Waals surface area contributed by atoms with E-state index in [0.29, 0.717) is 16.4 Å². The second kappa shape index (κ2) is 8.67. The quantitative estimate of drug-likeness (QED) is 0.396. The topological polar surface area (TPSA) is 77.2 Å². The van der Waals surface area contributed by atoms with Crippen molar-refractivity contribution in [3.05, 3.63) is 65.8 Å². The van der Waals surface area contributed by atoms with Gasteiger partial charge in [-0.3, -0.25) is 4.57 Å². The van der Waals surface area contributed by atoms with Gasteiger partial charge < -0.3 is 9.05 Å². The van der Waals surface area contributed by atoms with Gasteiger partial charge in [-0.1, -0.05) is 29.4 Å². The van der Waals surface area contributed by atoms with E-state index in [0.717, 1.165) is 0 Å². The maximum absolute atomic E-state index is 13.3. The average Bonchev–Trinajstić information content (AvgIpc) is 3.18. The van der Waals surface area contributed by atoms with E-state index in [1.54, 1.807) is 19.1 Å². The summed E-state index contributed by atoms with van der Waals surface area (Å²) in [6.07, 6.45) is 0. The molecule has 6 nitrogen and oxygen atoms in total. The van der Waals surface area contributed by atoms with Crippen molar-refractivity contribution < 1.29 is 26.8 Å². The molecule has 0 aliphatic carbocycles. The molecule has 0 bridgehead atoms. The average molecular weight is 446 g/mol. The molecule has 3 aromatic rings. The van der Waals surface area contributed by atoms with Crippen molar-refractivity contribution in [1.29, 1.82) is 0 Å². The van der Waals surface area contributed by atoms with Gasteiger partial charge >= 0.3 is 11.3 Å². The van der Waals surface area contributed by atoms with Gasteiger partial charge in [0.15, 0.2) is 0 Å². The summed E-state index contributed by atoms with van der Waals surface area (Å²) >= 11 is 4.86. The van der Waals surface area contributed by atoms with Crippen LogP contribution in [0.4, 0.5) is 13.2 Å². The van der Waals surface area contributed by atoms with Crippen molar-refractivity contribution >= 4 is 24.4 Å². The Labute approximate surface area is 169 Å². The fourth-order valence-corrected chi connectivity index (χ4v) is 4.29. The molecule has 1 atom stereocenters. The lowest BCUT2D eigenvalue weighted by Gasteiger charge is -2.19. The van der Waals surface area contributed by atoms with Crippen LogP contribution in [0.3, 0.4) is 0 Å². The molecule has 0 spiro atoms. The van der Waals surface area contributed by atoms with Gasteiger partial charge in [-0.15, -0.1) is 0 Å². The smallest absolute Gasteiger partial charge is 0.331 e. The first kappa shape index (κ1) is 21.5. The van der Waals surface area contributed by atoms with Crippen molar-refractivity contribution in [2.75, 3.05) is 6.61 Å². The molecule has 3 rings (SSSR count). The van der Waals surface area contributed by atoms with Crippen LogP contribution in [0.15, 0.2) is 53.1 Å². The van der Waals surface area contributed by atoms with E-state index in [4.69, 9.17) is 16.1 Å². The first-order valence-corrected chi connectivity index (χ1v) is 10.5. The van der Waals surface area contributed by atoms with Crippen LogP contribution in [-0.4, -0.2) is 16.7 Å². The van der Waals surface area contributed by atoms with E-state index >= 15 is 0 Å². The van der Waals surface area contributed by atoms with E-state index in [9.17, 15) is 17.7 Å². The number of alkyl halides is 3. The van der Waals surface area contributed by atoms with Crippen LogP contribution >= 0.6 is 19.1 Å². The van der Waals surface area contributed by atoms with Crippen LogP contribution < -0.4 is 10.4 Å². The Hall–Kier alpha value is -2.19. The third kappa shape index (κ3) is 5.25. The second-order valence-electron chi connectivity index (χ2n) is 5.90. The molecule has 1 unspecified atom stereocenters. The van der Waals surface area contributed by atoms with E-state index in [1.165, 1.54) is 36.4 Å². The van der Waals surface area contributed by atoms with Gasteiger partial charge in [0.25, 0.3) is 7.52 Å². The van der Waals surface area contributed by atoms with E-state index in [2.05, 4.69) is 19.8 Å². The summed E-state index contributed by atoms with van der Waals surface area (Å²) < 4.78 is 62.5. The Bertz CT molecular complexity index is 1020. The van der Waals surface area contributed by atoms with Crippen LogP contribution in [0.1, 0.15) is 18.4 Å². The van der Waals surface area contributed by atoms with Crippen molar-refractivity contribution in [1.82, 2.24) is 15.2 Å². The molecule has 0 saturated heterocycles. The number of rotatable bonds is 8. The molecule has 154 valence electrons. The molecule has 1 heterocycles. The fraction of sp³-hybridized carbons (Fsp3) is 0.222. The standard InChI is InChI=1S/C18H16ClF3N3O3P/c1-2-27-29(26,23-11-12-4-3-5-14(20)10-12)15-8-6-13(7-9-15)16-24-17(28-25-16)18(19,21)22/h3-10H,2,11H2,1H3,(H,23,26). The summed E-state index contributed by atoms with van der Waals surface area (Å²) in [6.45, 7) is 1.99. The predicted molar refractivity (Wildman–Crippen MR) is 102 cm³/mol. The summed E-state index contributed by atoms with van der Waals surface area (Å²) in [6, 6.07) is 11.9. The number of aromatic nitrogens is 2. The first-order valence-electron chi connectivity index (χ1n) is 8.47. The molecule has 1 N–H and O–H groups in total. The Morgan fingerprint density at radius 1 is 1.24 bits per heavy atom. The van der Waals surface area contributed by atoms with E-state index in [-0.39, 0.29) is 19.0 Å². The van der Waals surface area contributed by atoms with Crippen LogP contribution in [0.25, 0.3) is 11.4 Å². The second-order valence-corrected chi connectivity index (χ2v) is 8.57. The number of hydrogen-bond donors (Lipinski definition) is 1. The highest BCUT2D eigenvalue weighted by Crippen LogP contribution is 2.41. The molecule has 0 saturated carbocycles. The molecular weight excluding hydrogens is 430 g/mol. The van der Waals surface area contributed by atoms with Crippen LogP contribution in [-0.2, 0) is 21.0 Å². The van der Waals surface area contributed by atoms with Gasteiger partial charge in [0.2, 0.25) is 5.82 Å². The van der Waals surface area contributed by atoms with Crippen molar-refractivity contribution in [2.24, 2.45) is 0 Å². The minimum absolute atomic E-state index is 0.0918. The predicted octanol–water partition coefficient (Wildman–Crippen LogP) is 4.81. The van der Waals surface area contributed by atoms with Gasteiger partial charge in [0.05, 0.1) is 11.9 Å². The van der Waals surface area contributed by atoms with Crippen molar-refractivity contribution in [3.63, 3.8) is 0 Å². The minimum atomic E-state index is -3.77. The van der Waals surface area contributed by atoms with Crippen molar-refractivity contribution in [2.45, 2.75) is 18.9 Å². The van der Waals surface area contributed by atoms with Gasteiger partial charge in [-0.05, 0) is 48.4 Å². The maximum Gasteiger partial charge on any atom is 0.400 e. The number of benzene rings is 2. The molecule has 0 radical (unpaired) electrons. The first-order chi connectivity index (χ1) is 13.7. The Balaban J connectivity index is 1.80. The molecule has 0 amide bonds. The van der Waals surface area contributed by atoms with E-state index in [1.807, 2.05) is 0 Å². The maximum atomic E-state index is 13.3. The zero-order valence-electron chi connectivity index (χ0n) is 15.1. The SMILES string of the molecule is CCOP(=O)(NCc1cccc(F)c1)c1ccc(-c2noc(C(F)(F)Cl)n2)cc1. The van der Waals surface area contributed by atoms with E-state index < -0.39 is 24.6 Å². The van der Waals surface area contributed by atoms with Crippen LogP contribution in [0.2, 0.25) is 0 Å². The number of hydrogen-bond acceptors (Lipinski definition) is 5. The van der Waals surface area contributed by atoms with Gasteiger partial charge in [-0.2, -0.15) is 13.8 Å². The highest BCUT2D eigenvalue weighted by molar-refractivity contribution is 7.65. The van der Waals surface area contributed by atoms with Gasteiger partial charge in [-0.25, -0.2) is 9.48 Å². The molecule has 2 aromatic carbocycles. The molecular formula is C18H16ClF3N3O3P. The van der Waals surface area contributed by atoms with Gasteiger partial charge in [0.1, 0.15) is 5.82 Å². The third-order valence-electron chi connectivity index (χ3n) is 3.83. The lowest BCUT2D eigenvalue weighted by molar-refractivity contribution is 0.0551. The van der Waals surface area contributed by atoms with Crippen LogP contribution in [0.5, 0.6) is 0 Å². The van der Waals surface area contributed by atoms with Crippen molar-refractivity contribution in [3.8, 4) is 11.4 Å². The highest BCUT2D eigenvalue weighted by Gasteiger charge is 2.35. The molecule has 0 fully saturated rings. The molecule has 0 aliphatic heterocycles. The summed E-state index contributed by atoms with van der Waals surface area (Å²) in [5, 5.41) is 2.88. The monoisotopic (exact) mass is 445 g/mol. The largest absolute Gasteiger partial charge is 0.400 e. The zero-order chi connectivity index (χ0) is 21.1. The number of nitrogens with zero attached hydrogens (tertiary/aromatic N) is 2. The van der Waals surface area contributed by atoms with Crippen LogP contribution in [0, 0.1) is 5.82 Å². The summed E-state index contributed by atoms with van der Waals surface area (Å²) in [4.78, 5) is 3.55. The molecule has 11 heteroatoms. The lowest BCUT2D eigenvalue weighted by Crippen LogP contribution is -2.21. The Kier molecular flexibility index (Phi) is 6.43. The molecule has 29 heavy (non-hydrogen) atoms. The lowest BCUT2D eigenvalue weighted by atomic mass is 10.2. The zero-order valence-corrected chi connectivity index (χ0v) is 16.8. The summed E-state index contributed by atoms with van der Waals surface area (Å²) in [7, 11) is -3.46. The highest BCUT2D eigenvalue weighted by atomic mass is 35.5.